The number of carbonyl (C=O) groups excluding carboxylic acids is 1. The van der Waals surface area contributed by atoms with Gasteiger partial charge in [0.1, 0.15) is 5.82 Å². The number of likely N-dealkylation sites (tertiary alicyclic amines) is 1. The van der Waals surface area contributed by atoms with Crippen molar-refractivity contribution in [2.75, 3.05) is 13.1 Å². The van der Waals surface area contributed by atoms with Crippen molar-refractivity contribution in [3.05, 3.63) is 71.4 Å². The second-order valence-corrected chi connectivity index (χ2v) is 8.59. The van der Waals surface area contributed by atoms with Gasteiger partial charge in [-0.25, -0.2) is 4.39 Å². The molecular weight excluding hydrogens is 407 g/mol. The number of benzene rings is 2. The number of aryl methyl sites for hydroxylation is 1. The number of carbonyl (C=O) groups is 1. The van der Waals surface area contributed by atoms with Gasteiger partial charge in [-0.15, -0.1) is 0 Å². The normalized spacial score (nSPS) is 16.8. The first-order valence-electron chi connectivity index (χ1n) is 11.2. The summed E-state index contributed by atoms with van der Waals surface area (Å²) in [5.74, 6) is 1.16. The number of rotatable bonds is 8. The molecule has 6 nitrogen and oxygen atoms in total. The van der Waals surface area contributed by atoms with Gasteiger partial charge in [-0.2, -0.15) is 4.98 Å². The highest BCUT2D eigenvalue weighted by Crippen LogP contribution is 2.18. The van der Waals surface area contributed by atoms with Crippen molar-refractivity contribution in [1.29, 1.82) is 0 Å². The fourth-order valence-corrected chi connectivity index (χ4v) is 4.03. The lowest BCUT2D eigenvalue weighted by Crippen LogP contribution is -2.33. The summed E-state index contributed by atoms with van der Waals surface area (Å²) in [6, 6.07) is 14.3. The van der Waals surface area contributed by atoms with E-state index in [0.29, 0.717) is 30.2 Å². The van der Waals surface area contributed by atoms with Crippen LogP contribution in [-0.4, -0.2) is 34.0 Å². The average molecular weight is 437 g/mol. The second-order valence-electron chi connectivity index (χ2n) is 8.59. The Bertz CT molecular complexity index is 1020. The number of piperidine rings is 1. The molecule has 0 saturated carbocycles. The molecule has 1 N–H and O–H groups in total. The van der Waals surface area contributed by atoms with Crippen molar-refractivity contribution in [2.45, 2.75) is 45.7 Å². The molecule has 7 heteroatoms. The highest BCUT2D eigenvalue weighted by atomic mass is 19.1. The molecule has 1 aromatic heterocycles. The Morgan fingerprint density at radius 1 is 1.16 bits per heavy atom. The van der Waals surface area contributed by atoms with Crippen molar-refractivity contribution in [3.8, 4) is 11.4 Å². The molecule has 0 bridgehead atoms. The molecule has 0 aliphatic carbocycles. The van der Waals surface area contributed by atoms with Crippen LogP contribution in [0, 0.1) is 11.7 Å². The van der Waals surface area contributed by atoms with E-state index in [1.807, 2.05) is 0 Å². The molecule has 1 fully saturated rings. The first-order chi connectivity index (χ1) is 15.5. The van der Waals surface area contributed by atoms with Crippen LogP contribution in [0.25, 0.3) is 11.4 Å². The molecule has 1 aliphatic rings. The Morgan fingerprint density at radius 2 is 1.91 bits per heavy atom. The summed E-state index contributed by atoms with van der Waals surface area (Å²) in [5.41, 5.74) is 3.05. The average Bonchev–Trinajstić information content (AvgIpc) is 3.27. The zero-order chi connectivity index (χ0) is 22.3. The monoisotopic (exact) mass is 436 g/mol. The van der Waals surface area contributed by atoms with Gasteiger partial charge in [-0.1, -0.05) is 36.3 Å². The van der Waals surface area contributed by atoms with Crippen LogP contribution >= 0.6 is 0 Å². The van der Waals surface area contributed by atoms with Crippen LogP contribution in [0.3, 0.4) is 0 Å². The molecule has 1 amide bonds. The Morgan fingerprint density at radius 3 is 2.66 bits per heavy atom. The number of aromatic nitrogens is 2. The summed E-state index contributed by atoms with van der Waals surface area (Å²) in [6.07, 6.45) is 3.23. The molecule has 1 atom stereocenters. The lowest BCUT2D eigenvalue weighted by molar-refractivity contribution is -0.121. The molecule has 1 unspecified atom stereocenters. The maximum Gasteiger partial charge on any atom is 0.227 e. The lowest BCUT2D eigenvalue weighted by Gasteiger charge is -2.30. The third kappa shape index (κ3) is 6.23. The topological polar surface area (TPSA) is 71.3 Å². The zero-order valence-electron chi connectivity index (χ0n) is 18.4. The first-order valence-corrected chi connectivity index (χ1v) is 11.2. The van der Waals surface area contributed by atoms with Gasteiger partial charge in [-0.05, 0) is 60.7 Å². The van der Waals surface area contributed by atoms with Crippen LogP contribution in [0.15, 0.2) is 53.1 Å². The fraction of sp³-hybridized carbons (Fsp3) is 0.400. The van der Waals surface area contributed by atoms with E-state index in [9.17, 15) is 9.18 Å². The number of amides is 1. The lowest BCUT2D eigenvalue weighted by atomic mass is 9.99. The molecular formula is C25H29FN4O2. The molecule has 0 radical (unpaired) electrons. The van der Waals surface area contributed by atoms with Gasteiger partial charge in [0.15, 0.2) is 0 Å². The molecule has 4 rings (SSSR count). The fourth-order valence-electron chi connectivity index (χ4n) is 4.03. The van der Waals surface area contributed by atoms with Crippen molar-refractivity contribution in [2.24, 2.45) is 5.92 Å². The first kappa shape index (κ1) is 22.1. The Balaban J connectivity index is 1.20. The molecule has 1 saturated heterocycles. The van der Waals surface area contributed by atoms with E-state index >= 15 is 0 Å². The number of hydrogen-bond acceptors (Lipinski definition) is 5. The Kier molecular flexibility index (Phi) is 7.27. The van der Waals surface area contributed by atoms with E-state index < -0.39 is 0 Å². The number of nitrogens with one attached hydrogen (secondary N) is 1. The van der Waals surface area contributed by atoms with Crippen LogP contribution in [-0.2, 0) is 24.3 Å². The van der Waals surface area contributed by atoms with Gasteiger partial charge < -0.3 is 9.84 Å². The molecule has 0 spiro atoms. The standard InChI is InChI=1S/C25H29FN4O2/c1-18-3-2-14-30(16-18)17-20-6-4-19(5-7-20)15-27-23(31)12-13-24-28-25(29-32-24)21-8-10-22(26)11-9-21/h4-11,18H,2-3,12-17H2,1H3,(H,27,31). The third-order valence-electron chi connectivity index (χ3n) is 5.80. The van der Waals surface area contributed by atoms with Gasteiger partial charge >= 0.3 is 0 Å². The summed E-state index contributed by atoms with van der Waals surface area (Å²) in [7, 11) is 0. The quantitative estimate of drug-likeness (QED) is 0.568. The summed E-state index contributed by atoms with van der Waals surface area (Å²) in [6.45, 7) is 6.14. The largest absolute Gasteiger partial charge is 0.352 e. The second kappa shape index (κ2) is 10.5. The van der Waals surface area contributed by atoms with E-state index in [1.165, 1.54) is 43.6 Å². The number of halogens is 1. The Hall–Kier alpha value is -3.06. The smallest absolute Gasteiger partial charge is 0.227 e. The van der Waals surface area contributed by atoms with Crippen molar-refractivity contribution in [3.63, 3.8) is 0 Å². The minimum Gasteiger partial charge on any atom is -0.352 e. The maximum atomic E-state index is 13.0. The van der Waals surface area contributed by atoms with E-state index in [4.69, 9.17) is 4.52 Å². The number of hydrogen-bond donors (Lipinski definition) is 1. The molecule has 1 aliphatic heterocycles. The minimum atomic E-state index is -0.319. The number of nitrogens with zero attached hydrogens (tertiary/aromatic N) is 3. The van der Waals surface area contributed by atoms with Crippen molar-refractivity contribution < 1.29 is 13.7 Å². The van der Waals surface area contributed by atoms with E-state index in [2.05, 4.69) is 51.5 Å². The van der Waals surface area contributed by atoms with E-state index in [1.54, 1.807) is 12.1 Å². The molecule has 168 valence electrons. The highest BCUT2D eigenvalue weighted by molar-refractivity contribution is 5.76. The SMILES string of the molecule is CC1CCCN(Cc2ccc(CNC(=O)CCc3nc(-c4ccc(F)cc4)no3)cc2)C1. The summed E-state index contributed by atoms with van der Waals surface area (Å²) in [4.78, 5) is 19.0. The zero-order valence-corrected chi connectivity index (χ0v) is 18.4. The van der Waals surface area contributed by atoms with E-state index in [0.717, 1.165) is 18.0 Å². The molecule has 3 aromatic rings. The van der Waals surface area contributed by atoms with Crippen LogP contribution in [0.5, 0.6) is 0 Å². The summed E-state index contributed by atoms with van der Waals surface area (Å²) >= 11 is 0. The van der Waals surface area contributed by atoms with Crippen molar-refractivity contribution >= 4 is 5.91 Å². The molecule has 2 aromatic carbocycles. The van der Waals surface area contributed by atoms with Gasteiger partial charge in [-0.3, -0.25) is 9.69 Å². The van der Waals surface area contributed by atoms with Crippen LogP contribution in [0.4, 0.5) is 4.39 Å². The predicted octanol–water partition coefficient (Wildman–Crippen LogP) is 4.36. The van der Waals surface area contributed by atoms with Gasteiger partial charge in [0, 0.05) is 38.0 Å². The third-order valence-corrected chi connectivity index (χ3v) is 5.80. The summed E-state index contributed by atoms with van der Waals surface area (Å²) < 4.78 is 18.2. The maximum absolute atomic E-state index is 13.0. The van der Waals surface area contributed by atoms with Crippen LogP contribution < -0.4 is 5.32 Å². The van der Waals surface area contributed by atoms with Gasteiger partial charge in [0.2, 0.25) is 17.6 Å². The molecule has 2 heterocycles. The van der Waals surface area contributed by atoms with Gasteiger partial charge in [0.05, 0.1) is 0 Å². The Labute approximate surface area is 187 Å². The predicted molar refractivity (Wildman–Crippen MR) is 120 cm³/mol. The van der Waals surface area contributed by atoms with Crippen molar-refractivity contribution in [1.82, 2.24) is 20.4 Å². The van der Waals surface area contributed by atoms with Crippen LogP contribution in [0.2, 0.25) is 0 Å². The van der Waals surface area contributed by atoms with E-state index in [-0.39, 0.29) is 18.1 Å². The molecule has 32 heavy (non-hydrogen) atoms. The van der Waals surface area contributed by atoms with Crippen LogP contribution in [0.1, 0.15) is 43.2 Å². The highest BCUT2D eigenvalue weighted by Gasteiger charge is 2.16. The summed E-state index contributed by atoms with van der Waals surface area (Å²) in [5, 5.41) is 6.84. The minimum absolute atomic E-state index is 0.0714. The van der Waals surface area contributed by atoms with Gasteiger partial charge in [0.25, 0.3) is 0 Å².